The second-order valence-corrected chi connectivity index (χ2v) is 6.21. The Hall–Kier alpha value is -3.87. The van der Waals surface area contributed by atoms with E-state index < -0.39 is 4.92 Å². The number of amides is 1. The maximum absolute atomic E-state index is 12.6. The Morgan fingerprint density at radius 2 is 1.83 bits per heavy atom. The van der Waals surface area contributed by atoms with Crippen LogP contribution in [0.25, 0.3) is 0 Å². The molecule has 1 amide bonds. The van der Waals surface area contributed by atoms with Crippen LogP contribution in [0.5, 0.6) is 11.5 Å². The third-order valence-corrected chi connectivity index (χ3v) is 4.24. The van der Waals surface area contributed by atoms with E-state index in [9.17, 15) is 14.9 Å². The first-order valence-electron chi connectivity index (χ1n) is 8.97. The zero-order chi connectivity index (χ0) is 20.6. The molecule has 0 aliphatic carbocycles. The monoisotopic (exact) mass is 392 g/mol. The van der Waals surface area contributed by atoms with Crippen LogP contribution in [0.4, 0.5) is 11.4 Å². The van der Waals surface area contributed by atoms with Gasteiger partial charge in [-0.3, -0.25) is 14.9 Å². The zero-order valence-corrected chi connectivity index (χ0v) is 15.8. The number of non-ortho nitro benzene ring substituents is 1. The molecule has 7 nitrogen and oxygen atoms in total. The van der Waals surface area contributed by atoms with Gasteiger partial charge in [-0.15, -0.1) is 0 Å². The molecule has 0 saturated carbocycles. The molecule has 1 N–H and O–H groups in total. The Morgan fingerprint density at radius 3 is 2.55 bits per heavy atom. The summed E-state index contributed by atoms with van der Waals surface area (Å²) in [5.41, 5.74) is 1.81. The number of nitrogens with zero attached hydrogens (tertiary/aromatic N) is 1. The average molecular weight is 392 g/mol. The SMILES string of the molecule is COc1cc([N+](=O)[O-])ccc1NC(=O)c1cccc(OCCc2ccccc2)c1. The number of rotatable bonds is 8. The smallest absolute Gasteiger partial charge is 0.273 e. The molecule has 0 radical (unpaired) electrons. The summed E-state index contributed by atoms with van der Waals surface area (Å²) in [5, 5.41) is 13.6. The number of benzene rings is 3. The Morgan fingerprint density at radius 1 is 1.03 bits per heavy atom. The Kier molecular flexibility index (Phi) is 6.42. The quantitative estimate of drug-likeness (QED) is 0.451. The van der Waals surface area contributed by atoms with Crippen molar-refractivity contribution in [2.24, 2.45) is 0 Å². The van der Waals surface area contributed by atoms with Crippen molar-refractivity contribution in [3.05, 3.63) is 94.0 Å². The molecule has 3 rings (SSSR count). The topological polar surface area (TPSA) is 90.7 Å². The number of nitro groups is 1. The van der Waals surface area contributed by atoms with Gasteiger partial charge in [0.2, 0.25) is 0 Å². The van der Waals surface area contributed by atoms with E-state index in [0.717, 1.165) is 6.42 Å². The minimum atomic E-state index is -0.523. The fourth-order valence-electron chi connectivity index (χ4n) is 2.75. The van der Waals surface area contributed by atoms with Crippen LogP contribution in [0, 0.1) is 10.1 Å². The molecule has 0 unspecified atom stereocenters. The maximum Gasteiger partial charge on any atom is 0.273 e. The van der Waals surface area contributed by atoms with Crippen molar-refractivity contribution in [1.82, 2.24) is 0 Å². The lowest BCUT2D eigenvalue weighted by molar-refractivity contribution is -0.384. The lowest BCUT2D eigenvalue weighted by Gasteiger charge is -2.11. The second-order valence-electron chi connectivity index (χ2n) is 6.21. The number of carbonyl (C=O) groups is 1. The first kappa shape index (κ1) is 19.9. The number of hydrogen-bond acceptors (Lipinski definition) is 5. The lowest BCUT2D eigenvalue weighted by Crippen LogP contribution is -2.13. The average Bonchev–Trinajstić information content (AvgIpc) is 2.75. The Balaban J connectivity index is 1.65. The second kappa shape index (κ2) is 9.36. The molecule has 0 saturated heterocycles. The van der Waals surface area contributed by atoms with Crippen LogP contribution in [0.15, 0.2) is 72.8 Å². The van der Waals surface area contributed by atoms with Crippen LogP contribution in [-0.4, -0.2) is 24.5 Å². The summed E-state index contributed by atoms with van der Waals surface area (Å²) in [7, 11) is 1.38. The highest BCUT2D eigenvalue weighted by atomic mass is 16.6. The van der Waals surface area contributed by atoms with Crippen LogP contribution in [-0.2, 0) is 6.42 Å². The van der Waals surface area contributed by atoms with E-state index in [0.29, 0.717) is 23.6 Å². The highest BCUT2D eigenvalue weighted by Gasteiger charge is 2.14. The van der Waals surface area contributed by atoms with Gasteiger partial charge in [0.05, 0.1) is 30.4 Å². The highest BCUT2D eigenvalue weighted by Crippen LogP contribution is 2.29. The summed E-state index contributed by atoms with van der Waals surface area (Å²) in [6, 6.07) is 20.8. The van der Waals surface area contributed by atoms with Crippen LogP contribution < -0.4 is 14.8 Å². The van der Waals surface area contributed by atoms with Crippen molar-refractivity contribution in [2.75, 3.05) is 19.0 Å². The fourth-order valence-corrected chi connectivity index (χ4v) is 2.75. The Labute approximate surface area is 168 Å². The van der Waals surface area contributed by atoms with Gasteiger partial charge >= 0.3 is 0 Å². The van der Waals surface area contributed by atoms with E-state index in [-0.39, 0.29) is 17.3 Å². The summed E-state index contributed by atoms with van der Waals surface area (Å²) < 4.78 is 10.9. The van der Waals surface area contributed by atoms with Gasteiger partial charge < -0.3 is 14.8 Å². The molecule has 0 spiro atoms. The van der Waals surface area contributed by atoms with E-state index in [1.807, 2.05) is 30.3 Å². The van der Waals surface area contributed by atoms with Crippen LogP contribution in [0.1, 0.15) is 15.9 Å². The number of nitrogens with one attached hydrogen (secondary N) is 1. The molecule has 0 heterocycles. The van der Waals surface area contributed by atoms with E-state index >= 15 is 0 Å². The summed E-state index contributed by atoms with van der Waals surface area (Å²) in [6.07, 6.45) is 0.761. The van der Waals surface area contributed by atoms with Gasteiger partial charge in [-0.05, 0) is 29.8 Å². The molecule has 0 aromatic heterocycles. The van der Waals surface area contributed by atoms with Gasteiger partial charge in [-0.2, -0.15) is 0 Å². The third kappa shape index (κ3) is 5.32. The maximum atomic E-state index is 12.6. The van der Waals surface area contributed by atoms with E-state index in [4.69, 9.17) is 9.47 Å². The zero-order valence-electron chi connectivity index (χ0n) is 15.8. The normalized spacial score (nSPS) is 10.2. The van der Waals surface area contributed by atoms with Gasteiger partial charge in [-0.1, -0.05) is 36.4 Å². The first-order valence-corrected chi connectivity index (χ1v) is 8.97. The van der Waals surface area contributed by atoms with Crippen molar-refractivity contribution < 1.29 is 19.2 Å². The predicted octanol–water partition coefficient (Wildman–Crippen LogP) is 4.48. The minimum absolute atomic E-state index is 0.117. The summed E-state index contributed by atoms with van der Waals surface area (Å²) in [5.74, 6) is 0.428. The standard InChI is InChI=1S/C22H20N2O5/c1-28-21-15-18(24(26)27)10-11-20(21)23-22(25)17-8-5-9-19(14-17)29-13-12-16-6-3-2-4-7-16/h2-11,14-15H,12-13H2,1H3,(H,23,25). The van der Waals surface area contributed by atoms with Crippen molar-refractivity contribution in [3.8, 4) is 11.5 Å². The Bertz CT molecular complexity index is 1010. The van der Waals surface area contributed by atoms with Gasteiger partial charge in [0.15, 0.2) is 0 Å². The van der Waals surface area contributed by atoms with Gasteiger partial charge in [0.1, 0.15) is 11.5 Å². The molecule has 7 heteroatoms. The molecule has 0 aliphatic rings. The molecule has 0 fully saturated rings. The molecule has 3 aromatic rings. The van der Waals surface area contributed by atoms with Crippen LogP contribution >= 0.6 is 0 Å². The predicted molar refractivity (Wildman–Crippen MR) is 110 cm³/mol. The third-order valence-electron chi connectivity index (χ3n) is 4.24. The van der Waals surface area contributed by atoms with Crippen molar-refractivity contribution >= 4 is 17.3 Å². The molecule has 0 aliphatic heterocycles. The van der Waals surface area contributed by atoms with E-state index in [2.05, 4.69) is 5.32 Å². The summed E-state index contributed by atoms with van der Waals surface area (Å²) in [4.78, 5) is 23.0. The van der Waals surface area contributed by atoms with E-state index in [1.54, 1.807) is 24.3 Å². The fraction of sp³-hybridized carbons (Fsp3) is 0.136. The highest BCUT2D eigenvalue weighted by molar-refractivity contribution is 6.05. The lowest BCUT2D eigenvalue weighted by atomic mass is 10.1. The van der Waals surface area contributed by atoms with E-state index in [1.165, 1.54) is 30.9 Å². The van der Waals surface area contributed by atoms with Crippen LogP contribution in [0.3, 0.4) is 0 Å². The molecule has 148 valence electrons. The van der Waals surface area contributed by atoms with Crippen molar-refractivity contribution in [2.45, 2.75) is 6.42 Å². The number of ether oxygens (including phenoxy) is 2. The molecule has 0 atom stereocenters. The molecular weight excluding hydrogens is 372 g/mol. The molecular formula is C22H20N2O5. The summed E-state index contributed by atoms with van der Waals surface area (Å²) in [6.45, 7) is 0.491. The summed E-state index contributed by atoms with van der Waals surface area (Å²) >= 11 is 0. The minimum Gasteiger partial charge on any atom is -0.494 e. The molecule has 3 aromatic carbocycles. The van der Waals surface area contributed by atoms with Crippen molar-refractivity contribution in [3.63, 3.8) is 0 Å². The molecule has 0 bridgehead atoms. The largest absolute Gasteiger partial charge is 0.494 e. The van der Waals surface area contributed by atoms with Crippen molar-refractivity contribution in [1.29, 1.82) is 0 Å². The van der Waals surface area contributed by atoms with Gasteiger partial charge in [-0.25, -0.2) is 0 Å². The number of methoxy groups -OCH3 is 1. The van der Waals surface area contributed by atoms with Gasteiger partial charge in [0.25, 0.3) is 11.6 Å². The number of hydrogen-bond donors (Lipinski definition) is 1. The number of nitro benzene ring substituents is 1. The number of anilines is 1. The first-order chi connectivity index (χ1) is 14.1. The number of carbonyl (C=O) groups excluding carboxylic acids is 1. The molecule has 29 heavy (non-hydrogen) atoms. The van der Waals surface area contributed by atoms with Gasteiger partial charge in [0, 0.05) is 18.1 Å². The van der Waals surface area contributed by atoms with Crippen LogP contribution in [0.2, 0.25) is 0 Å².